The number of amides is 1. The molecule has 0 radical (unpaired) electrons. The van der Waals surface area contributed by atoms with Crippen LogP contribution < -0.4 is 10.2 Å². The van der Waals surface area contributed by atoms with E-state index >= 15 is 0 Å². The second kappa shape index (κ2) is 9.65. The molecule has 9 heteroatoms. The van der Waals surface area contributed by atoms with Crippen LogP contribution in [0.5, 0.6) is 0 Å². The van der Waals surface area contributed by atoms with Crippen LogP contribution in [0.3, 0.4) is 0 Å². The largest absolute Gasteiger partial charge is 0.369 e. The number of aromatic nitrogens is 4. The highest BCUT2D eigenvalue weighted by Crippen LogP contribution is 2.23. The summed E-state index contributed by atoms with van der Waals surface area (Å²) in [4.78, 5) is 29.1. The van der Waals surface area contributed by atoms with E-state index in [0.29, 0.717) is 17.9 Å². The molecule has 1 N–H and O–H groups in total. The first kappa shape index (κ1) is 20.9. The standard InChI is InChI=1S/C22H27N7O2/c1-16-5-3-6-19(17(16)2)29-11-9-28(10-12-29)8-4-7-25-21(30)22-26-20(27-31-22)18-13-23-15-24-14-18/h3,5-6,13-15H,4,7-12H2,1-2H3,(H,25,30). The van der Waals surface area contributed by atoms with Gasteiger partial charge in [0.1, 0.15) is 6.33 Å². The van der Waals surface area contributed by atoms with E-state index in [1.54, 1.807) is 12.4 Å². The molecular weight excluding hydrogens is 394 g/mol. The lowest BCUT2D eigenvalue weighted by Gasteiger charge is -2.37. The van der Waals surface area contributed by atoms with Gasteiger partial charge in [-0.3, -0.25) is 9.69 Å². The van der Waals surface area contributed by atoms with Crippen LogP contribution in [0.25, 0.3) is 11.4 Å². The van der Waals surface area contributed by atoms with Gasteiger partial charge >= 0.3 is 11.8 Å². The number of anilines is 1. The van der Waals surface area contributed by atoms with Crippen LogP contribution in [0.4, 0.5) is 5.69 Å². The van der Waals surface area contributed by atoms with E-state index in [-0.39, 0.29) is 11.8 Å². The molecule has 1 aromatic carbocycles. The summed E-state index contributed by atoms with van der Waals surface area (Å²) in [6.45, 7) is 9.93. The fraction of sp³-hybridized carbons (Fsp3) is 0.409. The minimum absolute atomic E-state index is 0.0546. The molecule has 2 aromatic heterocycles. The van der Waals surface area contributed by atoms with Crippen molar-refractivity contribution in [1.29, 1.82) is 0 Å². The molecule has 0 spiro atoms. The summed E-state index contributed by atoms with van der Waals surface area (Å²) in [5, 5.41) is 6.66. The maximum absolute atomic E-state index is 12.2. The summed E-state index contributed by atoms with van der Waals surface area (Å²) >= 11 is 0. The van der Waals surface area contributed by atoms with Gasteiger partial charge in [0.05, 0.1) is 5.56 Å². The number of benzene rings is 1. The van der Waals surface area contributed by atoms with Gasteiger partial charge in [-0.1, -0.05) is 17.3 Å². The number of piperazine rings is 1. The van der Waals surface area contributed by atoms with E-state index < -0.39 is 0 Å². The van der Waals surface area contributed by atoms with Gasteiger partial charge in [0.2, 0.25) is 5.82 Å². The van der Waals surface area contributed by atoms with Crippen molar-refractivity contribution in [3.8, 4) is 11.4 Å². The lowest BCUT2D eigenvalue weighted by molar-refractivity contribution is 0.0907. The average Bonchev–Trinajstić information content (AvgIpc) is 3.30. The number of hydrogen-bond acceptors (Lipinski definition) is 8. The van der Waals surface area contributed by atoms with Crippen molar-refractivity contribution in [1.82, 2.24) is 30.3 Å². The van der Waals surface area contributed by atoms with Crippen molar-refractivity contribution < 1.29 is 9.32 Å². The van der Waals surface area contributed by atoms with E-state index in [0.717, 1.165) is 39.1 Å². The molecule has 9 nitrogen and oxygen atoms in total. The first-order valence-corrected chi connectivity index (χ1v) is 10.5. The highest BCUT2D eigenvalue weighted by atomic mass is 16.5. The lowest BCUT2D eigenvalue weighted by atomic mass is 10.1. The first-order chi connectivity index (χ1) is 15.1. The number of carbonyl (C=O) groups excluding carboxylic acids is 1. The number of aryl methyl sites for hydroxylation is 1. The predicted octanol–water partition coefficient (Wildman–Crippen LogP) is 2.09. The molecule has 0 unspecified atom stereocenters. The van der Waals surface area contributed by atoms with Gasteiger partial charge in [0, 0.05) is 50.8 Å². The third-order valence-electron chi connectivity index (χ3n) is 5.66. The molecule has 4 rings (SSSR count). The van der Waals surface area contributed by atoms with Crippen LogP contribution in [-0.2, 0) is 0 Å². The molecule has 0 aliphatic carbocycles. The molecule has 1 fully saturated rings. The molecule has 1 amide bonds. The van der Waals surface area contributed by atoms with Gasteiger partial charge in [-0.2, -0.15) is 4.98 Å². The predicted molar refractivity (Wildman–Crippen MR) is 117 cm³/mol. The summed E-state index contributed by atoms with van der Waals surface area (Å²) in [5.41, 5.74) is 4.64. The van der Waals surface area contributed by atoms with Crippen LogP contribution >= 0.6 is 0 Å². The summed E-state index contributed by atoms with van der Waals surface area (Å²) in [5.74, 6) is -0.121. The maximum atomic E-state index is 12.2. The Morgan fingerprint density at radius 3 is 2.68 bits per heavy atom. The summed E-state index contributed by atoms with van der Waals surface area (Å²) < 4.78 is 5.06. The topological polar surface area (TPSA) is 100 Å². The Morgan fingerprint density at radius 2 is 1.90 bits per heavy atom. The van der Waals surface area contributed by atoms with Gasteiger partial charge in [0.25, 0.3) is 0 Å². The summed E-state index contributed by atoms with van der Waals surface area (Å²) in [7, 11) is 0. The molecule has 1 aliphatic rings. The fourth-order valence-corrected chi connectivity index (χ4v) is 3.72. The molecule has 3 heterocycles. The Bertz CT molecular complexity index is 1010. The van der Waals surface area contributed by atoms with Crippen molar-refractivity contribution in [2.75, 3.05) is 44.2 Å². The van der Waals surface area contributed by atoms with Crippen molar-refractivity contribution in [3.63, 3.8) is 0 Å². The molecule has 0 saturated carbocycles. The van der Waals surface area contributed by atoms with E-state index in [1.165, 1.54) is 23.1 Å². The second-order valence-electron chi connectivity index (χ2n) is 7.71. The summed E-state index contributed by atoms with van der Waals surface area (Å²) in [6, 6.07) is 6.50. The number of nitrogens with one attached hydrogen (secondary N) is 1. The first-order valence-electron chi connectivity index (χ1n) is 10.5. The monoisotopic (exact) mass is 421 g/mol. The molecule has 1 saturated heterocycles. The zero-order valence-corrected chi connectivity index (χ0v) is 17.9. The number of rotatable bonds is 7. The van der Waals surface area contributed by atoms with E-state index in [2.05, 4.69) is 67.3 Å². The van der Waals surface area contributed by atoms with Crippen LogP contribution in [-0.4, -0.2) is 70.2 Å². The van der Waals surface area contributed by atoms with Gasteiger partial charge in [0.15, 0.2) is 0 Å². The van der Waals surface area contributed by atoms with Crippen molar-refractivity contribution in [3.05, 3.63) is 53.9 Å². The molecule has 0 bridgehead atoms. The average molecular weight is 422 g/mol. The molecule has 3 aromatic rings. The third-order valence-corrected chi connectivity index (χ3v) is 5.66. The molecule has 162 valence electrons. The quantitative estimate of drug-likeness (QED) is 0.579. The summed E-state index contributed by atoms with van der Waals surface area (Å²) in [6.07, 6.45) is 5.42. The van der Waals surface area contributed by atoms with Crippen LogP contribution in [0.15, 0.2) is 41.4 Å². The smallest absolute Gasteiger partial charge is 0.316 e. The Labute approximate surface area is 181 Å². The number of carbonyl (C=O) groups is 1. The van der Waals surface area contributed by atoms with Crippen LogP contribution in [0.1, 0.15) is 28.2 Å². The van der Waals surface area contributed by atoms with Gasteiger partial charge in [-0.25, -0.2) is 9.97 Å². The van der Waals surface area contributed by atoms with Gasteiger partial charge in [-0.05, 0) is 44.0 Å². The van der Waals surface area contributed by atoms with Crippen molar-refractivity contribution in [2.24, 2.45) is 0 Å². The van der Waals surface area contributed by atoms with Crippen molar-refractivity contribution >= 4 is 11.6 Å². The van der Waals surface area contributed by atoms with Gasteiger partial charge < -0.3 is 14.7 Å². The molecular formula is C22H27N7O2. The van der Waals surface area contributed by atoms with Crippen LogP contribution in [0.2, 0.25) is 0 Å². The highest BCUT2D eigenvalue weighted by Gasteiger charge is 2.19. The van der Waals surface area contributed by atoms with E-state index in [4.69, 9.17) is 4.52 Å². The Hall–Kier alpha value is -3.33. The zero-order valence-electron chi connectivity index (χ0n) is 17.9. The SMILES string of the molecule is Cc1cccc(N2CCN(CCCNC(=O)c3nc(-c4cncnc4)no3)CC2)c1C. The van der Waals surface area contributed by atoms with E-state index in [9.17, 15) is 4.79 Å². The molecule has 1 aliphatic heterocycles. The van der Waals surface area contributed by atoms with E-state index in [1.807, 2.05) is 0 Å². The minimum atomic E-state index is -0.365. The Morgan fingerprint density at radius 1 is 1.13 bits per heavy atom. The molecule has 31 heavy (non-hydrogen) atoms. The lowest BCUT2D eigenvalue weighted by Crippen LogP contribution is -2.47. The normalized spacial score (nSPS) is 14.6. The highest BCUT2D eigenvalue weighted by molar-refractivity contribution is 5.89. The molecule has 0 atom stereocenters. The number of hydrogen-bond donors (Lipinski definition) is 1. The minimum Gasteiger partial charge on any atom is -0.369 e. The van der Waals surface area contributed by atoms with Gasteiger partial charge in [-0.15, -0.1) is 0 Å². The zero-order chi connectivity index (χ0) is 21.6. The fourth-order valence-electron chi connectivity index (χ4n) is 3.72. The third kappa shape index (κ3) is 5.05. The second-order valence-corrected chi connectivity index (χ2v) is 7.71. The van der Waals surface area contributed by atoms with Crippen LogP contribution in [0, 0.1) is 13.8 Å². The Balaban J connectivity index is 1.18. The number of nitrogens with zero attached hydrogens (tertiary/aromatic N) is 6. The van der Waals surface area contributed by atoms with Crippen molar-refractivity contribution in [2.45, 2.75) is 20.3 Å². The maximum Gasteiger partial charge on any atom is 0.316 e. The Kier molecular flexibility index (Phi) is 6.51.